The van der Waals surface area contributed by atoms with Gasteiger partial charge in [-0.1, -0.05) is 40.7 Å². The number of sulfonamides is 1. The zero-order valence-corrected chi connectivity index (χ0v) is 27.5. The number of fused-ring (bicyclic) bond motifs is 7. The van der Waals surface area contributed by atoms with E-state index in [1.807, 2.05) is 0 Å². The highest BCUT2D eigenvalue weighted by Gasteiger charge is 2.74. The Labute approximate surface area is 256 Å². The molecule has 43 heavy (non-hydrogen) atoms. The lowest BCUT2D eigenvalue weighted by atomic mass is 9.33. The van der Waals surface area contributed by atoms with Crippen LogP contribution in [0.15, 0.2) is 23.3 Å². The van der Waals surface area contributed by atoms with Crippen molar-refractivity contribution in [2.24, 2.45) is 38.9 Å². The van der Waals surface area contributed by atoms with Gasteiger partial charge in [-0.05, 0) is 78.8 Å². The molecule has 5 aliphatic carbocycles. The van der Waals surface area contributed by atoms with E-state index in [4.69, 9.17) is 0 Å². The molecule has 10 heteroatoms. The summed E-state index contributed by atoms with van der Waals surface area (Å²) in [6.07, 6.45) is 10.1. The van der Waals surface area contributed by atoms with Gasteiger partial charge in [0.05, 0.1) is 18.4 Å². The molecule has 0 saturated heterocycles. The Morgan fingerprint density at radius 1 is 1.12 bits per heavy atom. The fourth-order valence-corrected chi connectivity index (χ4v) is 10.5. The van der Waals surface area contributed by atoms with Gasteiger partial charge in [0.15, 0.2) is 11.6 Å². The Morgan fingerprint density at radius 3 is 2.40 bits per heavy atom. The van der Waals surface area contributed by atoms with Gasteiger partial charge in [-0.2, -0.15) is 5.26 Å². The van der Waals surface area contributed by atoms with Crippen LogP contribution in [0.3, 0.4) is 0 Å². The van der Waals surface area contributed by atoms with Crippen molar-refractivity contribution in [3.05, 3.63) is 23.3 Å². The van der Waals surface area contributed by atoms with Crippen molar-refractivity contribution in [3.63, 3.8) is 0 Å². The highest BCUT2D eigenvalue weighted by molar-refractivity contribution is 7.88. The van der Waals surface area contributed by atoms with Gasteiger partial charge >= 0.3 is 0 Å². The molecule has 3 fully saturated rings. The maximum Gasteiger partial charge on any atom is 0.237 e. The van der Waals surface area contributed by atoms with Crippen LogP contribution in [0.5, 0.6) is 0 Å². The van der Waals surface area contributed by atoms with Crippen LogP contribution in [0.4, 0.5) is 0 Å². The molecule has 5 rings (SSSR count). The van der Waals surface area contributed by atoms with Crippen LogP contribution < -0.4 is 4.72 Å². The second-order valence-corrected chi connectivity index (χ2v) is 17.6. The molecule has 0 unspecified atom stereocenters. The molecule has 2 N–H and O–H groups in total. The summed E-state index contributed by atoms with van der Waals surface area (Å²) in [5, 5.41) is 22.7. The third kappa shape index (κ3) is 4.59. The Morgan fingerprint density at radius 2 is 1.77 bits per heavy atom. The van der Waals surface area contributed by atoms with Gasteiger partial charge in [0.2, 0.25) is 15.9 Å². The van der Waals surface area contributed by atoms with Crippen LogP contribution in [0, 0.1) is 50.2 Å². The molecular formula is C33H47N3O6S. The van der Waals surface area contributed by atoms with Gasteiger partial charge in [-0.25, -0.2) is 13.1 Å². The Kier molecular flexibility index (Phi) is 7.32. The summed E-state index contributed by atoms with van der Waals surface area (Å²) < 4.78 is 25.3. The van der Waals surface area contributed by atoms with E-state index in [0.717, 1.165) is 43.9 Å². The number of Topliss-reactive ketones (excluding diaryl/α,β-unsaturated/α-hetero) is 1. The molecule has 0 aliphatic heterocycles. The zero-order chi connectivity index (χ0) is 32.0. The van der Waals surface area contributed by atoms with Crippen LogP contribution in [-0.2, 0) is 24.4 Å². The molecule has 0 heterocycles. The molecule has 9 nitrogen and oxygen atoms in total. The van der Waals surface area contributed by atoms with E-state index in [1.165, 1.54) is 0 Å². The number of nitrogens with one attached hydrogen (secondary N) is 1. The van der Waals surface area contributed by atoms with Crippen LogP contribution in [-0.4, -0.2) is 67.9 Å². The fraction of sp³-hybridized carbons (Fsp3) is 0.758. The van der Waals surface area contributed by atoms with Crippen molar-refractivity contribution in [1.82, 2.24) is 9.62 Å². The average molecular weight is 614 g/mol. The maximum atomic E-state index is 14.5. The summed E-state index contributed by atoms with van der Waals surface area (Å²) in [4.78, 5) is 41.5. The number of ketones is 2. The quantitative estimate of drug-likeness (QED) is 0.481. The SMILES string of the molecule is CN(C[C@@]1(C)CC[C@]2(C)CC[C@@]3(C)[C@]4(C)CC[C@H]5CC(=O)C(C#N)=C[C@]5(C)C4=CC(=O)[C@]3(O)[C@@H]2C1)C(=O)CNS(C)(=O)=O. The number of hydrogen-bond donors (Lipinski definition) is 2. The van der Waals surface area contributed by atoms with Crippen molar-refractivity contribution in [2.75, 3.05) is 26.4 Å². The van der Waals surface area contributed by atoms with E-state index >= 15 is 0 Å². The lowest BCUT2D eigenvalue weighted by molar-refractivity contribution is -0.242. The lowest BCUT2D eigenvalue weighted by Gasteiger charge is -2.71. The predicted molar refractivity (Wildman–Crippen MR) is 162 cm³/mol. The highest BCUT2D eigenvalue weighted by Crippen LogP contribution is 2.74. The molecular weight excluding hydrogens is 566 g/mol. The number of aliphatic hydroxyl groups is 1. The smallest absolute Gasteiger partial charge is 0.237 e. The second kappa shape index (κ2) is 9.82. The van der Waals surface area contributed by atoms with Crippen LogP contribution in [0.25, 0.3) is 0 Å². The number of hydrogen-bond acceptors (Lipinski definition) is 7. The monoisotopic (exact) mass is 613 g/mol. The molecule has 0 aromatic heterocycles. The van der Waals surface area contributed by atoms with Gasteiger partial charge < -0.3 is 10.0 Å². The van der Waals surface area contributed by atoms with Crippen molar-refractivity contribution in [1.29, 1.82) is 5.26 Å². The number of carbonyl (C=O) groups is 3. The third-order valence-corrected chi connectivity index (χ3v) is 13.8. The largest absolute Gasteiger partial charge is 0.381 e. The van der Waals surface area contributed by atoms with E-state index in [-0.39, 0.29) is 52.3 Å². The van der Waals surface area contributed by atoms with Crippen molar-refractivity contribution >= 4 is 27.5 Å². The van der Waals surface area contributed by atoms with Crippen LogP contribution in [0.1, 0.15) is 86.0 Å². The summed E-state index contributed by atoms with van der Waals surface area (Å²) in [6, 6.07) is 2.08. The predicted octanol–water partition coefficient (Wildman–Crippen LogP) is 3.69. The molecule has 236 valence electrons. The van der Waals surface area contributed by atoms with Gasteiger partial charge in [-0.15, -0.1) is 0 Å². The van der Waals surface area contributed by atoms with Gasteiger partial charge in [0, 0.05) is 36.8 Å². The fourth-order valence-electron chi connectivity index (χ4n) is 10.1. The van der Waals surface area contributed by atoms with Crippen LogP contribution in [0.2, 0.25) is 0 Å². The third-order valence-electron chi connectivity index (χ3n) is 13.1. The van der Waals surface area contributed by atoms with E-state index in [2.05, 4.69) is 45.4 Å². The van der Waals surface area contributed by atoms with Crippen molar-refractivity contribution in [3.8, 4) is 6.07 Å². The van der Waals surface area contributed by atoms with E-state index in [9.17, 15) is 33.2 Å². The van der Waals surface area contributed by atoms with Crippen LogP contribution >= 0.6 is 0 Å². The Hall–Kier alpha value is -2.35. The molecule has 0 spiro atoms. The molecule has 0 aromatic carbocycles. The first-order valence-corrected chi connectivity index (χ1v) is 17.4. The molecule has 1 amide bonds. The van der Waals surface area contributed by atoms with Gasteiger partial charge in [-0.3, -0.25) is 14.4 Å². The van der Waals surface area contributed by atoms with Crippen molar-refractivity contribution in [2.45, 2.75) is 91.6 Å². The van der Waals surface area contributed by atoms with Gasteiger partial charge in [0.1, 0.15) is 11.7 Å². The Bertz CT molecular complexity index is 1500. The average Bonchev–Trinajstić information content (AvgIpc) is 2.92. The maximum absolute atomic E-state index is 14.5. The molecule has 0 aromatic rings. The summed E-state index contributed by atoms with van der Waals surface area (Å²) >= 11 is 0. The minimum Gasteiger partial charge on any atom is -0.381 e. The topological polar surface area (TPSA) is 145 Å². The molecule has 0 radical (unpaired) electrons. The molecule has 3 saturated carbocycles. The van der Waals surface area contributed by atoms with E-state index in [0.29, 0.717) is 25.8 Å². The second-order valence-electron chi connectivity index (χ2n) is 15.7. The summed E-state index contributed by atoms with van der Waals surface area (Å²) in [7, 11) is -1.83. The molecule has 0 bridgehead atoms. The minimum atomic E-state index is -3.50. The number of amides is 1. The number of nitrogens with zero attached hydrogens (tertiary/aromatic N) is 2. The number of likely N-dealkylation sites (N-methyl/N-ethyl adjacent to an activating group) is 1. The summed E-state index contributed by atoms with van der Waals surface area (Å²) in [6.45, 7) is 10.7. The minimum absolute atomic E-state index is 0.0103. The summed E-state index contributed by atoms with van der Waals surface area (Å²) in [5.74, 6) is -1.07. The van der Waals surface area contributed by atoms with E-state index < -0.39 is 31.9 Å². The van der Waals surface area contributed by atoms with E-state index in [1.54, 1.807) is 24.1 Å². The number of allylic oxidation sites excluding steroid dienone is 3. The normalized spacial score (nSPS) is 44.1. The number of rotatable bonds is 5. The first-order valence-electron chi connectivity index (χ1n) is 15.5. The summed E-state index contributed by atoms with van der Waals surface area (Å²) in [5.41, 5.74) is -3.04. The molecule has 8 atom stereocenters. The van der Waals surface area contributed by atoms with Crippen molar-refractivity contribution < 1.29 is 27.9 Å². The first-order chi connectivity index (χ1) is 19.7. The number of carbonyl (C=O) groups excluding carboxylic acids is 3. The Balaban J connectivity index is 1.52. The molecule has 5 aliphatic rings. The highest BCUT2D eigenvalue weighted by atomic mass is 32.2. The first kappa shape index (κ1) is 32.1. The number of nitriles is 1. The zero-order valence-electron chi connectivity index (χ0n) is 26.7. The lowest BCUT2D eigenvalue weighted by Crippen LogP contribution is -2.73. The standard InChI is InChI=1S/C33H47N3O6S/c1-28(20-36(6)27(39)19-35-43(7,41)42)10-11-29(2)12-13-32(5)31(4)9-8-22-14-23(37)21(18-34)16-30(22,3)24(31)15-26(38)33(32,40)25(29)17-28/h15-16,22,25,35,40H,8-14,17,19-20H2,1-7H3/t22-,25+,28-,29+,30-,31+,32-,33+/m0/s1. The van der Waals surface area contributed by atoms with Gasteiger partial charge in [0.25, 0.3) is 0 Å².